The van der Waals surface area contributed by atoms with Gasteiger partial charge in [-0.15, -0.1) is 0 Å². The molecule has 2 rings (SSSR count). The molecule has 1 atom stereocenters. The zero-order valence-corrected chi connectivity index (χ0v) is 11.7. The first-order valence-electron chi connectivity index (χ1n) is 6.59. The average Bonchev–Trinajstić information content (AvgIpc) is 2.39. The number of nitrogens with one attached hydrogen (secondary N) is 1. The molecule has 19 heavy (non-hydrogen) atoms. The lowest BCUT2D eigenvalue weighted by Crippen LogP contribution is -2.20. The van der Waals surface area contributed by atoms with Crippen molar-refractivity contribution < 1.29 is 4.39 Å². The standard InChI is InChI=1S/C17H20FN/c1-12-8-9-15(13(2)10-12)17(19-3)11-14-6-4-5-7-16(14)18/h4-10,17,19H,11H2,1-3H3. The van der Waals surface area contributed by atoms with E-state index in [9.17, 15) is 4.39 Å². The fraction of sp³-hybridized carbons (Fsp3) is 0.294. The number of rotatable bonds is 4. The molecule has 1 N–H and O–H groups in total. The molecule has 0 saturated carbocycles. The van der Waals surface area contributed by atoms with Crippen molar-refractivity contribution >= 4 is 0 Å². The normalized spacial score (nSPS) is 12.4. The molecule has 1 nitrogen and oxygen atoms in total. The summed E-state index contributed by atoms with van der Waals surface area (Å²) in [5.41, 5.74) is 4.48. The van der Waals surface area contributed by atoms with Crippen molar-refractivity contribution in [3.05, 3.63) is 70.5 Å². The smallest absolute Gasteiger partial charge is 0.126 e. The van der Waals surface area contributed by atoms with Crippen LogP contribution in [0.1, 0.15) is 28.3 Å². The minimum Gasteiger partial charge on any atom is -0.313 e. The number of benzene rings is 2. The molecule has 100 valence electrons. The lowest BCUT2D eigenvalue weighted by Gasteiger charge is -2.19. The van der Waals surface area contributed by atoms with Crippen LogP contribution in [-0.2, 0) is 6.42 Å². The maximum absolute atomic E-state index is 13.7. The maximum Gasteiger partial charge on any atom is 0.126 e. The number of hydrogen-bond acceptors (Lipinski definition) is 1. The third-order valence-corrected chi connectivity index (χ3v) is 3.53. The van der Waals surface area contributed by atoms with Crippen LogP contribution in [0.3, 0.4) is 0 Å². The Labute approximate surface area is 114 Å². The van der Waals surface area contributed by atoms with Crippen LogP contribution < -0.4 is 5.32 Å². The van der Waals surface area contributed by atoms with Crippen molar-refractivity contribution in [2.45, 2.75) is 26.3 Å². The highest BCUT2D eigenvalue weighted by atomic mass is 19.1. The SMILES string of the molecule is CNC(Cc1ccccc1F)c1ccc(C)cc1C. The highest BCUT2D eigenvalue weighted by Gasteiger charge is 2.14. The lowest BCUT2D eigenvalue weighted by atomic mass is 9.94. The van der Waals surface area contributed by atoms with Crippen molar-refractivity contribution in [3.8, 4) is 0 Å². The van der Waals surface area contributed by atoms with Crippen molar-refractivity contribution in [2.75, 3.05) is 7.05 Å². The van der Waals surface area contributed by atoms with E-state index in [1.54, 1.807) is 6.07 Å². The molecule has 1 unspecified atom stereocenters. The summed E-state index contributed by atoms with van der Waals surface area (Å²) in [6.45, 7) is 4.19. The molecule has 2 heteroatoms. The van der Waals surface area contributed by atoms with E-state index in [2.05, 4.69) is 37.4 Å². The van der Waals surface area contributed by atoms with E-state index < -0.39 is 0 Å². The van der Waals surface area contributed by atoms with E-state index in [1.165, 1.54) is 22.8 Å². The number of likely N-dealkylation sites (N-methyl/N-ethyl adjacent to an activating group) is 1. The zero-order chi connectivity index (χ0) is 13.8. The average molecular weight is 257 g/mol. The topological polar surface area (TPSA) is 12.0 Å². The third-order valence-electron chi connectivity index (χ3n) is 3.53. The van der Waals surface area contributed by atoms with Gasteiger partial charge in [-0.25, -0.2) is 4.39 Å². The van der Waals surface area contributed by atoms with E-state index in [-0.39, 0.29) is 11.9 Å². The molecule has 0 aliphatic heterocycles. The minimum atomic E-state index is -0.132. The van der Waals surface area contributed by atoms with Gasteiger partial charge in [-0.1, -0.05) is 42.0 Å². The first kappa shape index (κ1) is 13.8. The molecule has 0 radical (unpaired) electrons. The van der Waals surface area contributed by atoms with E-state index in [4.69, 9.17) is 0 Å². The van der Waals surface area contributed by atoms with Crippen LogP contribution in [0, 0.1) is 19.7 Å². The minimum absolute atomic E-state index is 0.132. The first-order chi connectivity index (χ1) is 9.11. The molecule has 0 bridgehead atoms. The summed E-state index contributed by atoms with van der Waals surface area (Å²) >= 11 is 0. The second-order valence-corrected chi connectivity index (χ2v) is 5.00. The van der Waals surface area contributed by atoms with Crippen LogP contribution >= 0.6 is 0 Å². The van der Waals surface area contributed by atoms with Gasteiger partial charge in [0.05, 0.1) is 0 Å². The second-order valence-electron chi connectivity index (χ2n) is 5.00. The summed E-state index contributed by atoms with van der Waals surface area (Å²) in [7, 11) is 1.92. The van der Waals surface area contributed by atoms with Gasteiger partial charge in [-0.2, -0.15) is 0 Å². The van der Waals surface area contributed by atoms with Gasteiger partial charge in [0.15, 0.2) is 0 Å². The quantitative estimate of drug-likeness (QED) is 0.874. The van der Waals surface area contributed by atoms with Crippen LogP contribution in [0.15, 0.2) is 42.5 Å². The van der Waals surface area contributed by atoms with E-state index in [1.807, 2.05) is 19.2 Å². The van der Waals surface area contributed by atoms with Gasteiger partial charge in [0.1, 0.15) is 5.82 Å². The summed E-state index contributed by atoms with van der Waals surface area (Å²) in [4.78, 5) is 0. The Morgan fingerprint density at radius 1 is 1.11 bits per heavy atom. The fourth-order valence-electron chi connectivity index (χ4n) is 2.47. The van der Waals surface area contributed by atoms with Crippen LogP contribution in [0.2, 0.25) is 0 Å². The Balaban J connectivity index is 2.28. The van der Waals surface area contributed by atoms with E-state index in [0.717, 1.165) is 5.56 Å². The van der Waals surface area contributed by atoms with Gasteiger partial charge in [0, 0.05) is 6.04 Å². The fourth-order valence-corrected chi connectivity index (χ4v) is 2.47. The molecule has 0 aliphatic carbocycles. The monoisotopic (exact) mass is 257 g/mol. The Bertz CT molecular complexity index is 563. The Morgan fingerprint density at radius 3 is 2.47 bits per heavy atom. The Hall–Kier alpha value is -1.67. The van der Waals surface area contributed by atoms with Gasteiger partial charge in [0.2, 0.25) is 0 Å². The van der Waals surface area contributed by atoms with E-state index in [0.29, 0.717) is 6.42 Å². The number of hydrogen-bond donors (Lipinski definition) is 1. The summed E-state index contributed by atoms with van der Waals surface area (Å²) in [5.74, 6) is -0.132. The van der Waals surface area contributed by atoms with Crippen molar-refractivity contribution in [1.29, 1.82) is 0 Å². The van der Waals surface area contributed by atoms with Crippen molar-refractivity contribution in [2.24, 2.45) is 0 Å². The molecule has 0 heterocycles. The van der Waals surface area contributed by atoms with Gasteiger partial charge in [-0.05, 0) is 50.1 Å². The molecule has 0 saturated heterocycles. The predicted octanol–water partition coefficient (Wildman–Crippen LogP) is 3.95. The zero-order valence-electron chi connectivity index (χ0n) is 11.7. The molecule has 0 spiro atoms. The Morgan fingerprint density at radius 2 is 1.84 bits per heavy atom. The highest BCUT2D eigenvalue weighted by Crippen LogP contribution is 2.23. The van der Waals surface area contributed by atoms with Gasteiger partial charge in [0.25, 0.3) is 0 Å². The third kappa shape index (κ3) is 3.21. The molecule has 2 aromatic rings. The molecular weight excluding hydrogens is 237 g/mol. The van der Waals surface area contributed by atoms with Crippen molar-refractivity contribution in [1.82, 2.24) is 5.32 Å². The molecule has 0 aromatic heterocycles. The number of aryl methyl sites for hydroxylation is 2. The highest BCUT2D eigenvalue weighted by molar-refractivity contribution is 5.34. The summed E-state index contributed by atoms with van der Waals surface area (Å²) < 4.78 is 13.7. The molecule has 0 aliphatic rings. The second kappa shape index (κ2) is 5.98. The first-order valence-corrected chi connectivity index (χ1v) is 6.59. The summed E-state index contributed by atoms with van der Waals surface area (Å²) in [5, 5.41) is 3.29. The van der Waals surface area contributed by atoms with Gasteiger partial charge < -0.3 is 5.32 Å². The number of halogens is 1. The maximum atomic E-state index is 13.7. The van der Waals surface area contributed by atoms with Crippen LogP contribution in [0.4, 0.5) is 4.39 Å². The molecule has 0 amide bonds. The molecular formula is C17H20FN. The lowest BCUT2D eigenvalue weighted by molar-refractivity contribution is 0.552. The summed E-state index contributed by atoms with van der Waals surface area (Å²) in [6, 6.07) is 13.5. The van der Waals surface area contributed by atoms with Gasteiger partial charge in [-0.3, -0.25) is 0 Å². The molecule has 0 fully saturated rings. The van der Waals surface area contributed by atoms with Crippen LogP contribution in [-0.4, -0.2) is 7.05 Å². The molecule has 2 aromatic carbocycles. The van der Waals surface area contributed by atoms with E-state index >= 15 is 0 Å². The largest absolute Gasteiger partial charge is 0.313 e. The van der Waals surface area contributed by atoms with Gasteiger partial charge >= 0.3 is 0 Å². The van der Waals surface area contributed by atoms with Crippen LogP contribution in [0.25, 0.3) is 0 Å². The van der Waals surface area contributed by atoms with Crippen molar-refractivity contribution in [3.63, 3.8) is 0 Å². The predicted molar refractivity (Wildman–Crippen MR) is 77.8 cm³/mol. The summed E-state index contributed by atoms with van der Waals surface area (Å²) in [6.07, 6.45) is 0.660. The van der Waals surface area contributed by atoms with Crippen LogP contribution in [0.5, 0.6) is 0 Å². The Kier molecular flexibility index (Phi) is 4.33.